The number of carbonyl (C=O) groups excluding carboxylic acids is 1. The van der Waals surface area contributed by atoms with Crippen molar-refractivity contribution in [3.05, 3.63) is 32.8 Å². The number of carbonyl (C=O) groups is 1. The molecule has 1 rings (SSSR count). The molecule has 1 aromatic rings. The summed E-state index contributed by atoms with van der Waals surface area (Å²) in [5, 5.41) is 10.9. The Morgan fingerprint density at radius 2 is 2.15 bits per heavy atom. The highest BCUT2D eigenvalue weighted by atomic mass is 35.5. The number of nitrogens with zero attached hydrogens (tertiary/aromatic N) is 2. The minimum absolute atomic E-state index is 0.0899. The smallest absolute Gasteiger partial charge is 0.307 e. The Morgan fingerprint density at radius 3 is 2.65 bits per heavy atom. The second kappa shape index (κ2) is 7.09. The van der Waals surface area contributed by atoms with Crippen molar-refractivity contribution in [2.75, 3.05) is 25.1 Å². The van der Waals surface area contributed by atoms with E-state index in [9.17, 15) is 14.9 Å². The molecule has 0 aromatic heterocycles. The van der Waals surface area contributed by atoms with Crippen molar-refractivity contribution in [2.24, 2.45) is 0 Å². The Kier molecular flexibility index (Phi) is 5.76. The lowest BCUT2D eigenvalue weighted by Gasteiger charge is -2.24. The normalized spacial score (nSPS) is 10.2. The third-order valence-corrected chi connectivity index (χ3v) is 3.30. The molecule has 0 aliphatic carbocycles. The number of anilines is 1. The van der Waals surface area contributed by atoms with E-state index in [0.717, 1.165) is 11.3 Å². The molecule has 0 atom stereocenters. The van der Waals surface area contributed by atoms with Gasteiger partial charge < -0.3 is 9.64 Å². The first-order valence-electron chi connectivity index (χ1n) is 6.17. The molecule has 0 amide bonds. The average molecular weight is 301 g/mol. The molecule has 6 nitrogen and oxygen atoms in total. The highest BCUT2D eigenvalue weighted by molar-refractivity contribution is 6.33. The molecule has 0 aliphatic heterocycles. The van der Waals surface area contributed by atoms with E-state index in [0.29, 0.717) is 13.1 Å². The van der Waals surface area contributed by atoms with E-state index in [-0.39, 0.29) is 23.1 Å². The second-order valence-electron chi connectivity index (χ2n) is 4.25. The van der Waals surface area contributed by atoms with Crippen molar-refractivity contribution >= 4 is 28.9 Å². The zero-order valence-corrected chi connectivity index (χ0v) is 12.4. The average Bonchev–Trinajstić information content (AvgIpc) is 2.41. The van der Waals surface area contributed by atoms with Crippen LogP contribution in [0.1, 0.15) is 18.9 Å². The molecular weight excluding hydrogens is 284 g/mol. The van der Waals surface area contributed by atoms with Gasteiger partial charge in [-0.25, -0.2) is 0 Å². The molecule has 0 fully saturated rings. The quantitative estimate of drug-likeness (QED) is 0.459. The van der Waals surface area contributed by atoms with Gasteiger partial charge in [0.15, 0.2) is 0 Å². The fraction of sp³-hybridized carbons (Fsp3) is 0.462. The maximum atomic E-state index is 11.2. The van der Waals surface area contributed by atoms with Crippen molar-refractivity contribution < 1.29 is 14.5 Å². The van der Waals surface area contributed by atoms with Gasteiger partial charge in [0.1, 0.15) is 5.02 Å². The topological polar surface area (TPSA) is 72.7 Å². The fourth-order valence-electron chi connectivity index (χ4n) is 1.91. The van der Waals surface area contributed by atoms with Crippen molar-refractivity contribution in [2.45, 2.75) is 20.3 Å². The number of methoxy groups -OCH3 is 1. The van der Waals surface area contributed by atoms with E-state index in [1.54, 1.807) is 13.0 Å². The summed E-state index contributed by atoms with van der Waals surface area (Å²) < 4.78 is 4.60. The molecule has 110 valence electrons. The summed E-state index contributed by atoms with van der Waals surface area (Å²) in [6, 6.07) is 3.01. The summed E-state index contributed by atoms with van der Waals surface area (Å²) in [4.78, 5) is 23.4. The van der Waals surface area contributed by atoms with Gasteiger partial charge in [0, 0.05) is 24.8 Å². The van der Waals surface area contributed by atoms with Gasteiger partial charge in [0.05, 0.1) is 18.5 Å². The Hall–Kier alpha value is -1.82. The summed E-state index contributed by atoms with van der Waals surface area (Å²) in [6.45, 7) is 4.84. The highest BCUT2D eigenvalue weighted by Crippen LogP contribution is 2.32. The fourth-order valence-corrected chi connectivity index (χ4v) is 2.14. The Bertz CT molecular complexity index is 519. The first-order valence-corrected chi connectivity index (χ1v) is 6.54. The third kappa shape index (κ3) is 3.84. The van der Waals surface area contributed by atoms with Gasteiger partial charge in [0.2, 0.25) is 0 Å². The molecule has 0 saturated heterocycles. The molecule has 0 aliphatic rings. The predicted molar refractivity (Wildman–Crippen MR) is 77.4 cm³/mol. The minimum atomic E-state index is -0.510. The van der Waals surface area contributed by atoms with E-state index in [4.69, 9.17) is 11.6 Å². The largest absolute Gasteiger partial charge is 0.469 e. The molecule has 0 heterocycles. The molecule has 0 unspecified atom stereocenters. The van der Waals surface area contributed by atoms with Crippen LogP contribution in [0.2, 0.25) is 5.02 Å². The van der Waals surface area contributed by atoms with E-state index in [1.807, 2.05) is 11.8 Å². The van der Waals surface area contributed by atoms with Crippen LogP contribution < -0.4 is 4.90 Å². The molecule has 1 aromatic carbocycles. The number of nitro benzene ring substituents is 1. The van der Waals surface area contributed by atoms with Crippen molar-refractivity contribution in [3.8, 4) is 0 Å². The molecule has 0 radical (unpaired) electrons. The van der Waals surface area contributed by atoms with Gasteiger partial charge >= 0.3 is 5.97 Å². The zero-order valence-electron chi connectivity index (χ0n) is 11.7. The molecule has 0 saturated carbocycles. The SMILES string of the molecule is CCN(CCC(=O)OC)c1cc(Cl)c([N+](=O)[O-])cc1C. The van der Waals surface area contributed by atoms with Gasteiger partial charge in [-0.05, 0) is 25.5 Å². The lowest BCUT2D eigenvalue weighted by molar-refractivity contribution is -0.384. The lowest BCUT2D eigenvalue weighted by atomic mass is 10.1. The van der Waals surface area contributed by atoms with E-state index in [1.165, 1.54) is 13.2 Å². The summed E-state index contributed by atoms with van der Waals surface area (Å²) in [5.74, 6) is -0.297. The number of aryl methyl sites for hydroxylation is 1. The number of esters is 1. The van der Waals surface area contributed by atoms with E-state index < -0.39 is 4.92 Å². The van der Waals surface area contributed by atoms with Crippen LogP contribution in [-0.2, 0) is 9.53 Å². The summed E-state index contributed by atoms with van der Waals surface area (Å²) >= 11 is 5.93. The van der Waals surface area contributed by atoms with Gasteiger partial charge in [-0.15, -0.1) is 0 Å². The monoisotopic (exact) mass is 300 g/mol. The lowest BCUT2D eigenvalue weighted by Crippen LogP contribution is -2.26. The van der Waals surface area contributed by atoms with Crippen LogP contribution in [0.15, 0.2) is 12.1 Å². The van der Waals surface area contributed by atoms with Crippen molar-refractivity contribution in [1.29, 1.82) is 0 Å². The highest BCUT2D eigenvalue weighted by Gasteiger charge is 2.18. The number of nitro groups is 1. The van der Waals surface area contributed by atoms with Crippen LogP contribution in [0.5, 0.6) is 0 Å². The molecule has 0 bridgehead atoms. The third-order valence-electron chi connectivity index (χ3n) is 3.00. The second-order valence-corrected chi connectivity index (χ2v) is 4.66. The van der Waals surface area contributed by atoms with Crippen LogP contribution >= 0.6 is 11.6 Å². The maximum absolute atomic E-state index is 11.2. The molecule has 0 N–H and O–H groups in total. The number of hydrogen-bond acceptors (Lipinski definition) is 5. The number of ether oxygens (including phenoxy) is 1. The van der Waals surface area contributed by atoms with Gasteiger partial charge in [-0.2, -0.15) is 0 Å². The number of benzene rings is 1. The van der Waals surface area contributed by atoms with Gasteiger partial charge in [-0.1, -0.05) is 11.6 Å². The van der Waals surface area contributed by atoms with E-state index >= 15 is 0 Å². The summed E-state index contributed by atoms with van der Waals surface area (Å²) in [7, 11) is 1.34. The molecular formula is C13H17ClN2O4. The standard InChI is InChI=1S/C13H17ClN2O4/c1-4-15(6-5-13(17)20-3)11-8-10(14)12(16(18)19)7-9(11)2/h7-8H,4-6H2,1-3H3. The van der Waals surface area contributed by atoms with Crippen LogP contribution in [0.3, 0.4) is 0 Å². The van der Waals surface area contributed by atoms with Crippen molar-refractivity contribution in [1.82, 2.24) is 0 Å². The molecule has 0 spiro atoms. The first kappa shape index (κ1) is 16.2. The summed E-state index contributed by atoms with van der Waals surface area (Å²) in [6.07, 6.45) is 0.248. The Labute approximate surface area is 122 Å². The summed E-state index contributed by atoms with van der Waals surface area (Å²) in [5.41, 5.74) is 1.41. The van der Waals surface area contributed by atoms with Gasteiger partial charge in [0.25, 0.3) is 5.69 Å². The number of hydrogen-bond donors (Lipinski definition) is 0. The van der Waals surface area contributed by atoms with E-state index in [2.05, 4.69) is 4.74 Å². The first-order chi connectivity index (χ1) is 9.40. The molecule has 20 heavy (non-hydrogen) atoms. The predicted octanol–water partition coefficient (Wildman–Crippen LogP) is 2.95. The molecule has 7 heteroatoms. The maximum Gasteiger partial charge on any atom is 0.307 e. The Morgan fingerprint density at radius 1 is 1.50 bits per heavy atom. The minimum Gasteiger partial charge on any atom is -0.469 e. The van der Waals surface area contributed by atoms with Crippen LogP contribution in [0, 0.1) is 17.0 Å². The number of rotatable bonds is 6. The van der Waals surface area contributed by atoms with Crippen LogP contribution in [0.25, 0.3) is 0 Å². The van der Waals surface area contributed by atoms with Gasteiger partial charge in [-0.3, -0.25) is 14.9 Å². The van der Waals surface area contributed by atoms with Crippen LogP contribution in [-0.4, -0.2) is 31.1 Å². The zero-order chi connectivity index (χ0) is 15.3. The van der Waals surface area contributed by atoms with Crippen LogP contribution in [0.4, 0.5) is 11.4 Å². The number of halogens is 1. The van der Waals surface area contributed by atoms with Crippen molar-refractivity contribution in [3.63, 3.8) is 0 Å². The Balaban J connectivity index is 3.01.